The molecule has 0 saturated heterocycles. The summed E-state index contributed by atoms with van der Waals surface area (Å²) < 4.78 is 0. The third-order valence-corrected chi connectivity index (χ3v) is 2.56. The number of carbonyl (C=O) groups is 1. The molecular weight excluding hydrogens is 216 g/mol. The van der Waals surface area contributed by atoms with Crippen LogP contribution in [-0.2, 0) is 0 Å². The molecule has 0 unspecified atom stereocenters. The number of hydrogen-bond acceptors (Lipinski definition) is 3. The zero-order chi connectivity index (χ0) is 12.3. The van der Waals surface area contributed by atoms with Crippen LogP contribution < -0.4 is 11.1 Å². The Morgan fingerprint density at radius 3 is 2.76 bits per heavy atom. The molecule has 4 N–H and O–H groups in total. The number of benzene rings is 2. The predicted molar refractivity (Wildman–Crippen MR) is 67.0 cm³/mol. The van der Waals surface area contributed by atoms with E-state index in [1.807, 2.05) is 24.3 Å². The fraction of sp³-hybridized carbons (Fsp3) is 0.154. The molecule has 0 heterocycles. The number of aromatic hydroxyl groups is 1. The van der Waals surface area contributed by atoms with Crippen molar-refractivity contribution >= 4 is 16.7 Å². The first-order valence-electron chi connectivity index (χ1n) is 5.43. The van der Waals surface area contributed by atoms with Gasteiger partial charge in [0, 0.05) is 13.1 Å². The molecule has 88 valence electrons. The molecule has 2 rings (SSSR count). The summed E-state index contributed by atoms with van der Waals surface area (Å²) in [4.78, 5) is 11.9. The van der Waals surface area contributed by atoms with Crippen LogP contribution in [0.25, 0.3) is 10.8 Å². The average Bonchev–Trinajstić information content (AvgIpc) is 2.35. The van der Waals surface area contributed by atoms with E-state index in [0.29, 0.717) is 18.7 Å². The van der Waals surface area contributed by atoms with Crippen LogP contribution in [0.1, 0.15) is 10.4 Å². The number of rotatable bonds is 3. The second kappa shape index (κ2) is 4.84. The summed E-state index contributed by atoms with van der Waals surface area (Å²) in [5.74, 6) is -0.317. The van der Waals surface area contributed by atoms with Crippen molar-refractivity contribution in [1.82, 2.24) is 5.32 Å². The zero-order valence-electron chi connectivity index (χ0n) is 9.31. The van der Waals surface area contributed by atoms with Gasteiger partial charge in [0.1, 0.15) is 5.75 Å². The molecule has 0 radical (unpaired) electrons. The third-order valence-electron chi connectivity index (χ3n) is 2.56. The number of carbonyl (C=O) groups excluding carboxylic acids is 1. The second-order valence-electron chi connectivity index (χ2n) is 3.73. The van der Waals surface area contributed by atoms with Crippen LogP contribution in [0.3, 0.4) is 0 Å². The molecule has 0 bridgehead atoms. The van der Waals surface area contributed by atoms with Gasteiger partial charge in [-0.15, -0.1) is 0 Å². The first-order chi connectivity index (χ1) is 8.24. The molecule has 4 heteroatoms. The highest BCUT2D eigenvalue weighted by molar-refractivity contribution is 6.09. The lowest BCUT2D eigenvalue weighted by Crippen LogP contribution is -2.29. The summed E-state index contributed by atoms with van der Waals surface area (Å²) in [5, 5.41) is 14.1. The lowest BCUT2D eigenvalue weighted by molar-refractivity contribution is 0.0954. The van der Waals surface area contributed by atoms with Crippen molar-refractivity contribution in [2.45, 2.75) is 0 Å². The van der Waals surface area contributed by atoms with Crippen LogP contribution in [0.4, 0.5) is 0 Å². The smallest absolute Gasteiger partial charge is 0.255 e. The molecule has 0 saturated carbocycles. The highest BCUT2D eigenvalue weighted by atomic mass is 16.3. The van der Waals surface area contributed by atoms with Gasteiger partial charge in [-0.25, -0.2) is 0 Å². The Labute approximate surface area is 99.1 Å². The van der Waals surface area contributed by atoms with Crippen LogP contribution in [0.2, 0.25) is 0 Å². The van der Waals surface area contributed by atoms with E-state index in [1.165, 1.54) is 6.07 Å². The monoisotopic (exact) mass is 230 g/mol. The lowest BCUT2D eigenvalue weighted by atomic mass is 10.0. The van der Waals surface area contributed by atoms with Crippen molar-refractivity contribution in [2.24, 2.45) is 5.73 Å². The van der Waals surface area contributed by atoms with Crippen molar-refractivity contribution < 1.29 is 9.90 Å². The van der Waals surface area contributed by atoms with Gasteiger partial charge in [0.05, 0.1) is 5.56 Å². The number of nitrogens with one attached hydrogen (secondary N) is 1. The van der Waals surface area contributed by atoms with Crippen molar-refractivity contribution in [3.05, 3.63) is 42.0 Å². The van der Waals surface area contributed by atoms with Crippen LogP contribution in [0.5, 0.6) is 5.75 Å². The Bertz CT molecular complexity index is 552. The van der Waals surface area contributed by atoms with E-state index in [2.05, 4.69) is 5.32 Å². The summed E-state index contributed by atoms with van der Waals surface area (Å²) in [7, 11) is 0. The molecule has 0 aliphatic carbocycles. The molecule has 0 spiro atoms. The van der Waals surface area contributed by atoms with Gasteiger partial charge in [-0.3, -0.25) is 4.79 Å². The lowest BCUT2D eigenvalue weighted by Gasteiger charge is -2.09. The molecule has 2 aromatic rings. The summed E-state index contributed by atoms with van der Waals surface area (Å²) in [5.41, 5.74) is 5.63. The van der Waals surface area contributed by atoms with E-state index in [0.717, 1.165) is 10.8 Å². The third kappa shape index (κ3) is 2.21. The molecule has 0 aliphatic heterocycles. The first-order valence-corrected chi connectivity index (χ1v) is 5.43. The SMILES string of the molecule is NCCNC(=O)c1c(O)ccc2ccccc12. The second-order valence-corrected chi connectivity index (χ2v) is 3.73. The average molecular weight is 230 g/mol. The fourth-order valence-corrected chi connectivity index (χ4v) is 1.77. The van der Waals surface area contributed by atoms with E-state index < -0.39 is 0 Å². The Hall–Kier alpha value is -2.07. The minimum Gasteiger partial charge on any atom is -0.507 e. The van der Waals surface area contributed by atoms with Gasteiger partial charge in [-0.1, -0.05) is 30.3 Å². The molecule has 0 aromatic heterocycles. The molecular formula is C13H14N2O2. The summed E-state index contributed by atoms with van der Waals surface area (Å²) in [6.07, 6.45) is 0. The van der Waals surface area contributed by atoms with Gasteiger partial charge in [0.15, 0.2) is 0 Å². The Morgan fingerprint density at radius 2 is 2.00 bits per heavy atom. The van der Waals surface area contributed by atoms with E-state index >= 15 is 0 Å². The number of phenolic OH excluding ortho intramolecular Hbond substituents is 1. The summed E-state index contributed by atoms with van der Waals surface area (Å²) in [6.45, 7) is 0.763. The standard InChI is InChI=1S/C13H14N2O2/c14-7-8-15-13(17)12-10-4-2-1-3-9(10)5-6-11(12)16/h1-6,16H,7-8,14H2,(H,15,17). The maximum atomic E-state index is 11.9. The Kier molecular flexibility index (Phi) is 3.25. The van der Waals surface area contributed by atoms with Gasteiger partial charge in [0.25, 0.3) is 5.91 Å². The number of fused-ring (bicyclic) bond motifs is 1. The van der Waals surface area contributed by atoms with Crippen LogP contribution >= 0.6 is 0 Å². The van der Waals surface area contributed by atoms with Crippen molar-refractivity contribution in [1.29, 1.82) is 0 Å². The fourth-order valence-electron chi connectivity index (χ4n) is 1.77. The van der Waals surface area contributed by atoms with Gasteiger partial charge < -0.3 is 16.2 Å². The Balaban J connectivity index is 2.51. The van der Waals surface area contributed by atoms with Crippen LogP contribution in [0.15, 0.2) is 36.4 Å². The van der Waals surface area contributed by atoms with Gasteiger partial charge in [-0.05, 0) is 16.8 Å². The largest absolute Gasteiger partial charge is 0.507 e. The van der Waals surface area contributed by atoms with Crippen molar-refractivity contribution in [3.63, 3.8) is 0 Å². The van der Waals surface area contributed by atoms with Crippen molar-refractivity contribution in [2.75, 3.05) is 13.1 Å². The molecule has 2 aromatic carbocycles. The van der Waals surface area contributed by atoms with Gasteiger partial charge in [0.2, 0.25) is 0 Å². The number of phenols is 1. The van der Waals surface area contributed by atoms with E-state index in [-0.39, 0.29) is 11.7 Å². The van der Waals surface area contributed by atoms with E-state index in [9.17, 15) is 9.90 Å². The molecule has 4 nitrogen and oxygen atoms in total. The van der Waals surface area contributed by atoms with Crippen LogP contribution in [0, 0.1) is 0 Å². The zero-order valence-corrected chi connectivity index (χ0v) is 9.31. The maximum Gasteiger partial charge on any atom is 0.255 e. The minimum atomic E-state index is -0.301. The van der Waals surface area contributed by atoms with Gasteiger partial charge in [-0.2, -0.15) is 0 Å². The summed E-state index contributed by atoms with van der Waals surface area (Å²) >= 11 is 0. The summed E-state index contributed by atoms with van der Waals surface area (Å²) in [6, 6.07) is 10.7. The van der Waals surface area contributed by atoms with Crippen LogP contribution in [-0.4, -0.2) is 24.1 Å². The quantitative estimate of drug-likeness (QED) is 0.742. The predicted octanol–water partition coefficient (Wildman–Crippen LogP) is 1.23. The molecule has 0 fully saturated rings. The minimum absolute atomic E-state index is 0.0155. The topological polar surface area (TPSA) is 75.3 Å². The highest BCUT2D eigenvalue weighted by Crippen LogP contribution is 2.26. The molecule has 17 heavy (non-hydrogen) atoms. The molecule has 0 aliphatic rings. The van der Waals surface area contributed by atoms with Gasteiger partial charge >= 0.3 is 0 Å². The maximum absolute atomic E-state index is 11.9. The number of amides is 1. The normalized spacial score (nSPS) is 10.4. The number of nitrogens with two attached hydrogens (primary N) is 1. The van der Waals surface area contributed by atoms with E-state index in [1.54, 1.807) is 6.07 Å². The molecule has 1 amide bonds. The van der Waals surface area contributed by atoms with E-state index in [4.69, 9.17) is 5.73 Å². The highest BCUT2D eigenvalue weighted by Gasteiger charge is 2.14. The first kappa shape index (κ1) is 11.4. The molecule has 0 atom stereocenters. The van der Waals surface area contributed by atoms with Crippen molar-refractivity contribution in [3.8, 4) is 5.75 Å². The number of hydrogen-bond donors (Lipinski definition) is 3. The Morgan fingerprint density at radius 1 is 1.24 bits per heavy atom.